The van der Waals surface area contributed by atoms with E-state index in [1.807, 2.05) is 11.8 Å². The van der Waals surface area contributed by atoms with E-state index in [1.165, 1.54) is 24.1 Å². The fourth-order valence-corrected chi connectivity index (χ4v) is 5.08. The summed E-state index contributed by atoms with van der Waals surface area (Å²) in [4.78, 5) is 16.0. The number of piperidine rings is 1. The molecule has 0 bridgehead atoms. The third-order valence-corrected chi connectivity index (χ3v) is 6.78. The highest BCUT2D eigenvalue weighted by atomic mass is 32.2. The van der Waals surface area contributed by atoms with Crippen LogP contribution in [-0.2, 0) is 11.2 Å². The number of thioether (sulfide) groups is 1. The number of carbonyl (C=O) groups excluding carboxylic acids is 1. The first-order chi connectivity index (χ1) is 12.2. The molecule has 1 aliphatic carbocycles. The second-order valence-electron chi connectivity index (χ2n) is 6.90. The number of thiophene rings is 1. The lowest BCUT2D eigenvalue weighted by atomic mass is 10.1. The molecule has 25 heavy (non-hydrogen) atoms. The highest BCUT2D eigenvalue weighted by Gasteiger charge is 2.32. The second-order valence-corrected chi connectivity index (χ2v) is 9.24. The molecule has 0 N–H and O–H groups in total. The van der Waals surface area contributed by atoms with E-state index in [-0.39, 0.29) is 11.2 Å². The van der Waals surface area contributed by atoms with Gasteiger partial charge in [-0.3, -0.25) is 4.79 Å². The molecule has 2 aromatic rings. The summed E-state index contributed by atoms with van der Waals surface area (Å²) in [5.74, 6) is 1.28. The zero-order chi connectivity index (χ0) is 17.2. The molecule has 2 fully saturated rings. The third-order valence-electron chi connectivity index (χ3n) is 4.86. The zero-order valence-electron chi connectivity index (χ0n) is 14.6. The van der Waals surface area contributed by atoms with Crippen molar-refractivity contribution in [3.05, 3.63) is 28.2 Å². The van der Waals surface area contributed by atoms with Gasteiger partial charge in [-0.15, -0.1) is 21.5 Å². The molecule has 0 unspecified atom stereocenters. The number of likely N-dealkylation sites (tertiary alicyclic amines) is 1. The van der Waals surface area contributed by atoms with E-state index in [4.69, 9.17) is 0 Å². The van der Waals surface area contributed by atoms with E-state index >= 15 is 0 Å². The van der Waals surface area contributed by atoms with E-state index in [9.17, 15) is 4.79 Å². The molecule has 2 aromatic heterocycles. The highest BCUT2D eigenvalue weighted by molar-refractivity contribution is 8.00. The molecule has 3 heterocycles. The van der Waals surface area contributed by atoms with Crippen LogP contribution in [0.25, 0.3) is 0 Å². The van der Waals surface area contributed by atoms with Gasteiger partial charge in [0, 0.05) is 30.4 Å². The first kappa shape index (κ1) is 17.1. The minimum Gasteiger partial charge on any atom is -0.342 e. The molecule has 1 saturated carbocycles. The van der Waals surface area contributed by atoms with Crippen molar-refractivity contribution in [2.75, 3.05) is 13.1 Å². The molecule has 1 atom stereocenters. The summed E-state index contributed by atoms with van der Waals surface area (Å²) in [5, 5.41) is 11.8. The maximum Gasteiger partial charge on any atom is 0.235 e. The van der Waals surface area contributed by atoms with Crippen molar-refractivity contribution in [2.24, 2.45) is 0 Å². The van der Waals surface area contributed by atoms with E-state index in [2.05, 4.69) is 32.3 Å². The second kappa shape index (κ2) is 7.50. The quantitative estimate of drug-likeness (QED) is 0.721. The summed E-state index contributed by atoms with van der Waals surface area (Å²) >= 11 is 3.33. The van der Waals surface area contributed by atoms with Crippen molar-refractivity contribution in [3.8, 4) is 0 Å². The van der Waals surface area contributed by atoms with Gasteiger partial charge in [0.1, 0.15) is 5.82 Å². The predicted octanol–water partition coefficient (Wildman–Crippen LogP) is 3.76. The van der Waals surface area contributed by atoms with E-state index in [0.29, 0.717) is 6.04 Å². The number of hydrogen-bond acceptors (Lipinski definition) is 5. The largest absolute Gasteiger partial charge is 0.342 e. The van der Waals surface area contributed by atoms with Crippen molar-refractivity contribution in [1.82, 2.24) is 19.7 Å². The summed E-state index contributed by atoms with van der Waals surface area (Å²) in [6.45, 7) is 3.82. The maximum atomic E-state index is 12.7. The highest BCUT2D eigenvalue weighted by Crippen LogP contribution is 2.40. The molecule has 2 aliphatic rings. The van der Waals surface area contributed by atoms with E-state index in [1.54, 1.807) is 23.1 Å². The number of aromatic nitrogens is 3. The van der Waals surface area contributed by atoms with Crippen LogP contribution in [0.15, 0.2) is 22.7 Å². The third kappa shape index (κ3) is 3.92. The van der Waals surface area contributed by atoms with Crippen LogP contribution in [0.2, 0.25) is 0 Å². The topological polar surface area (TPSA) is 51.0 Å². The Kier molecular flexibility index (Phi) is 5.12. The Morgan fingerprint density at radius 2 is 2.12 bits per heavy atom. The molecule has 0 spiro atoms. The first-order valence-corrected chi connectivity index (χ1v) is 10.9. The molecule has 1 aliphatic heterocycles. The number of hydrogen-bond donors (Lipinski definition) is 0. The Bertz CT molecular complexity index is 718. The van der Waals surface area contributed by atoms with Gasteiger partial charge in [-0.25, -0.2) is 0 Å². The lowest BCUT2D eigenvalue weighted by Gasteiger charge is -2.28. The first-order valence-electron chi connectivity index (χ1n) is 9.14. The van der Waals surface area contributed by atoms with Crippen LogP contribution in [0, 0.1) is 0 Å². The van der Waals surface area contributed by atoms with Gasteiger partial charge in [-0.05, 0) is 50.5 Å². The molecular weight excluding hydrogens is 352 g/mol. The predicted molar refractivity (Wildman–Crippen MR) is 101 cm³/mol. The average Bonchev–Trinajstić information content (AvgIpc) is 3.20. The molecule has 1 amide bonds. The Labute approximate surface area is 156 Å². The molecule has 0 aromatic carbocycles. The molecule has 5 nitrogen and oxygen atoms in total. The minimum absolute atomic E-state index is 0.102. The Balaban J connectivity index is 1.48. The van der Waals surface area contributed by atoms with Gasteiger partial charge in [-0.2, -0.15) is 0 Å². The molecule has 0 radical (unpaired) electrons. The van der Waals surface area contributed by atoms with Gasteiger partial charge in [0.05, 0.1) is 5.25 Å². The summed E-state index contributed by atoms with van der Waals surface area (Å²) < 4.78 is 2.28. The van der Waals surface area contributed by atoms with Crippen LogP contribution in [0.3, 0.4) is 0 Å². The normalized spacial score (nSPS) is 19.2. The van der Waals surface area contributed by atoms with Crippen LogP contribution < -0.4 is 0 Å². The van der Waals surface area contributed by atoms with Gasteiger partial charge in [0.15, 0.2) is 5.16 Å². The lowest BCUT2D eigenvalue weighted by molar-refractivity contribution is -0.131. The van der Waals surface area contributed by atoms with Crippen molar-refractivity contribution in [1.29, 1.82) is 0 Å². The lowest BCUT2D eigenvalue weighted by Crippen LogP contribution is -2.40. The minimum atomic E-state index is -0.102. The molecule has 7 heteroatoms. The number of amides is 1. The van der Waals surface area contributed by atoms with Gasteiger partial charge >= 0.3 is 0 Å². The van der Waals surface area contributed by atoms with Crippen LogP contribution >= 0.6 is 23.1 Å². The van der Waals surface area contributed by atoms with Crippen molar-refractivity contribution < 1.29 is 4.79 Å². The van der Waals surface area contributed by atoms with Gasteiger partial charge in [0.25, 0.3) is 0 Å². The summed E-state index contributed by atoms with van der Waals surface area (Å²) in [6, 6.07) is 4.74. The maximum absolute atomic E-state index is 12.7. The van der Waals surface area contributed by atoms with E-state index in [0.717, 1.165) is 43.3 Å². The zero-order valence-corrected chi connectivity index (χ0v) is 16.2. The Morgan fingerprint density at radius 1 is 1.32 bits per heavy atom. The monoisotopic (exact) mass is 376 g/mol. The van der Waals surface area contributed by atoms with Gasteiger partial charge < -0.3 is 9.47 Å². The standard InChI is InChI=1S/C18H24N4OS2/c1-13(17(23)21-9-3-2-4-10-21)25-18-20-19-16(22(18)14-7-8-14)12-15-6-5-11-24-15/h5-6,11,13-14H,2-4,7-10,12H2,1H3/t13-/m1/s1. The smallest absolute Gasteiger partial charge is 0.235 e. The molecular formula is C18H24N4OS2. The number of carbonyl (C=O) groups is 1. The fourth-order valence-electron chi connectivity index (χ4n) is 3.36. The van der Waals surface area contributed by atoms with Crippen LogP contribution in [0.4, 0.5) is 0 Å². The Hall–Kier alpha value is -1.34. The molecule has 134 valence electrons. The van der Waals surface area contributed by atoms with Crippen LogP contribution in [-0.4, -0.2) is 43.9 Å². The van der Waals surface area contributed by atoms with Crippen molar-refractivity contribution in [3.63, 3.8) is 0 Å². The van der Waals surface area contributed by atoms with Crippen molar-refractivity contribution >= 4 is 29.0 Å². The van der Waals surface area contributed by atoms with Crippen molar-refractivity contribution in [2.45, 2.75) is 61.9 Å². The molecule has 4 rings (SSSR count). The number of nitrogens with zero attached hydrogens (tertiary/aromatic N) is 4. The summed E-state index contributed by atoms with van der Waals surface area (Å²) in [7, 11) is 0. The van der Waals surface area contributed by atoms with Crippen LogP contribution in [0.1, 0.15) is 55.8 Å². The summed E-state index contributed by atoms with van der Waals surface area (Å²) in [6.07, 6.45) is 6.72. The van der Waals surface area contributed by atoms with Gasteiger partial charge in [-0.1, -0.05) is 17.8 Å². The number of rotatable bonds is 6. The summed E-state index contributed by atoms with van der Waals surface area (Å²) in [5.41, 5.74) is 0. The average molecular weight is 377 g/mol. The fraction of sp³-hybridized carbons (Fsp3) is 0.611. The van der Waals surface area contributed by atoms with Crippen LogP contribution in [0.5, 0.6) is 0 Å². The van der Waals surface area contributed by atoms with E-state index < -0.39 is 0 Å². The Morgan fingerprint density at radius 3 is 2.80 bits per heavy atom. The van der Waals surface area contributed by atoms with Gasteiger partial charge in [0.2, 0.25) is 5.91 Å². The SMILES string of the molecule is C[C@@H](Sc1nnc(Cc2cccs2)n1C1CC1)C(=O)N1CCCCC1. The molecule has 1 saturated heterocycles.